The molecule has 0 bridgehead atoms. The fourth-order valence-electron chi connectivity index (χ4n) is 3.87. The second kappa shape index (κ2) is 6.30. The molecule has 3 heterocycles. The van der Waals surface area contributed by atoms with Crippen LogP contribution >= 0.6 is 0 Å². The SMILES string of the molecule is COc1cc(N2CC[C@@]3(CC(=O)N(c4ccc(C#N)cc4)C3)C2)ncn1. The van der Waals surface area contributed by atoms with E-state index in [1.54, 1.807) is 19.2 Å². The molecule has 0 radical (unpaired) electrons. The molecular weight excluding hydrogens is 330 g/mol. The van der Waals surface area contributed by atoms with Gasteiger partial charge in [0.05, 0.1) is 18.7 Å². The Bertz CT molecular complexity index is 876. The number of benzene rings is 1. The van der Waals surface area contributed by atoms with Crippen molar-refractivity contribution in [3.63, 3.8) is 0 Å². The van der Waals surface area contributed by atoms with Crippen LogP contribution in [0.15, 0.2) is 36.7 Å². The Balaban J connectivity index is 1.51. The first-order valence-corrected chi connectivity index (χ1v) is 8.54. The van der Waals surface area contributed by atoms with Crippen LogP contribution < -0.4 is 14.5 Å². The Morgan fingerprint density at radius 1 is 1.23 bits per heavy atom. The van der Waals surface area contributed by atoms with E-state index in [4.69, 9.17) is 10.00 Å². The molecule has 1 aromatic heterocycles. The van der Waals surface area contributed by atoms with Gasteiger partial charge >= 0.3 is 0 Å². The first-order chi connectivity index (χ1) is 12.6. The third-order valence-electron chi connectivity index (χ3n) is 5.23. The van der Waals surface area contributed by atoms with Gasteiger partial charge in [-0.1, -0.05) is 0 Å². The molecule has 2 aromatic rings. The van der Waals surface area contributed by atoms with Gasteiger partial charge in [-0.3, -0.25) is 4.79 Å². The number of carbonyl (C=O) groups excluding carboxylic acids is 1. The van der Waals surface area contributed by atoms with E-state index in [1.807, 2.05) is 23.1 Å². The third kappa shape index (κ3) is 2.84. The lowest BCUT2D eigenvalue weighted by atomic mass is 9.86. The van der Waals surface area contributed by atoms with Crippen LogP contribution in [0.4, 0.5) is 11.5 Å². The molecule has 2 fully saturated rings. The summed E-state index contributed by atoms with van der Waals surface area (Å²) in [5.74, 6) is 1.51. The normalized spacial score (nSPS) is 22.1. The summed E-state index contributed by atoms with van der Waals surface area (Å²) in [6, 6.07) is 11.1. The standard InChI is InChI=1S/C19H19N5O2/c1-26-17-8-16(21-13-22-17)23-7-6-19(11-23)9-18(25)24(12-19)15-4-2-14(10-20)3-5-15/h2-5,8,13H,6-7,9,11-12H2,1H3/t19-/m1/s1. The summed E-state index contributed by atoms with van der Waals surface area (Å²) in [6.45, 7) is 2.33. The molecule has 1 amide bonds. The zero-order valence-electron chi connectivity index (χ0n) is 14.6. The molecular formula is C19H19N5O2. The molecule has 0 N–H and O–H groups in total. The van der Waals surface area contributed by atoms with Crippen molar-refractivity contribution in [2.45, 2.75) is 12.8 Å². The number of amides is 1. The number of hydrogen-bond donors (Lipinski definition) is 0. The Hall–Kier alpha value is -3.14. The first kappa shape index (κ1) is 16.3. The fraction of sp³-hybridized carbons (Fsp3) is 0.368. The summed E-state index contributed by atoms with van der Waals surface area (Å²) in [7, 11) is 1.59. The van der Waals surface area contributed by atoms with Crippen molar-refractivity contribution in [3.05, 3.63) is 42.2 Å². The number of nitriles is 1. The van der Waals surface area contributed by atoms with Crippen molar-refractivity contribution in [3.8, 4) is 11.9 Å². The van der Waals surface area contributed by atoms with E-state index in [9.17, 15) is 4.79 Å². The number of nitrogens with zero attached hydrogens (tertiary/aromatic N) is 5. The summed E-state index contributed by atoms with van der Waals surface area (Å²) in [5.41, 5.74) is 1.39. The second-order valence-electron chi connectivity index (χ2n) is 6.91. The smallest absolute Gasteiger partial charge is 0.227 e. The summed E-state index contributed by atoms with van der Waals surface area (Å²) < 4.78 is 5.18. The zero-order valence-corrected chi connectivity index (χ0v) is 14.6. The predicted octanol–water partition coefficient (Wildman–Crippen LogP) is 1.99. The van der Waals surface area contributed by atoms with Gasteiger partial charge in [-0.25, -0.2) is 9.97 Å². The maximum Gasteiger partial charge on any atom is 0.227 e. The van der Waals surface area contributed by atoms with Gasteiger partial charge in [0, 0.05) is 43.2 Å². The number of rotatable bonds is 3. The molecule has 132 valence electrons. The summed E-state index contributed by atoms with van der Waals surface area (Å²) >= 11 is 0. The monoisotopic (exact) mass is 349 g/mol. The minimum atomic E-state index is -0.0663. The highest BCUT2D eigenvalue weighted by Crippen LogP contribution is 2.43. The lowest BCUT2D eigenvalue weighted by Gasteiger charge is -2.24. The Kier molecular flexibility index (Phi) is 3.96. The molecule has 1 aromatic carbocycles. The highest BCUT2D eigenvalue weighted by Gasteiger charge is 2.48. The topological polar surface area (TPSA) is 82.4 Å². The molecule has 0 unspecified atom stereocenters. The van der Waals surface area contributed by atoms with Crippen LogP contribution in [0.3, 0.4) is 0 Å². The lowest BCUT2D eigenvalue weighted by molar-refractivity contribution is -0.117. The molecule has 1 spiro atoms. The summed E-state index contributed by atoms with van der Waals surface area (Å²) in [6.07, 6.45) is 2.98. The Labute approximate surface area is 151 Å². The van der Waals surface area contributed by atoms with E-state index < -0.39 is 0 Å². The highest BCUT2D eigenvalue weighted by molar-refractivity contribution is 5.96. The number of methoxy groups -OCH3 is 1. The van der Waals surface area contributed by atoms with Gasteiger partial charge in [0.15, 0.2) is 0 Å². The molecule has 1 atom stereocenters. The van der Waals surface area contributed by atoms with Gasteiger partial charge in [-0.2, -0.15) is 5.26 Å². The highest BCUT2D eigenvalue weighted by atomic mass is 16.5. The van der Waals surface area contributed by atoms with Crippen molar-refractivity contribution in [1.29, 1.82) is 5.26 Å². The molecule has 2 aliphatic rings. The molecule has 2 saturated heterocycles. The first-order valence-electron chi connectivity index (χ1n) is 8.54. The molecule has 4 rings (SSSR count). The maximum absolute atomic E-state index is 12.6. The molecule has 26 heavy (non-hydrogen) atoms. The van der Waals surface area contributed by atoms with E-state index in [-0.39, 0.29) is 11.3 Å². The minimum absolute atomic E-state index is 0.0663. The van der Waals surface area contributed by atoms with Crippen molar-refractivity contribution >= 4 is 17.4 Å². The third-order valence-corrected chi connectivity index (χ3v) is 5.23. The van der Waals surface area contributed by atoms with E-state index in [0.29, 0.717) is 24.4 Å². The largest absolute Gasteiger partial charge is 0.481 e. The number of aromatic nitrogens is 2. The average molecular weight is 349 g/mol. The zero-order chi connectivity index (χ0) is 18.1. The lowest BCUT2D eigenvalue weighted by Crippen LogP contribution is -2.31. The van der Waals surface area contributed by atoms with Gasteiger partial charge in [0.2, 0.25) is 11.8 Å². The van der Waals surface area contributed by atoms with Crippen LogP contribution in [0.1, 0.15) is 18.4 Å². The minimum Gasteiger partial charge on any atom is -0.481 e. The van der Waals surface area contributed by atoms with Gasteiger partial charge in [-0.15, -0.1) is 0 Å². The van der Waals surface area contributed by atoms with Crippen LogP contribution in [-0.2, 0) is 4.79 Å². The van der Waals surface area contributed by atoms with Gasteiger partial charge in [-0.05, 0) is 30.7 Å². The van der Waals surface area contributed by atoms with E-state index >= 15 is 0 Å². The average Bonchev–Trinajstić information content (AvgIpc) is 3.25. The van der Waals surface area contributed by atoms with Crippen LogP contribution in [0, 0.1) is 16.7 Å². The Morgan fingerprint density at radius 3 is 2.77 bits per heavy atom. The second-order valence-corrected chi connectivity index (χ2v) is 6.91. The predicted molar refractivity (Wildman–Crippen MR) is 96.0 cm³/mol. The van der Waals surface area contributed by atoms with Crippen molar-refractivity contribution in [2.24, 2.45) is 5.41 Å². The molecule has 0 saturated carbocycles. The molecule has 2 aliphatic heterocycles. The molecule has 7 heteroatoms. The van der Waals surface area contributed by atoms with Crippen LogP contribution in [-0.4, -0.2) is 42.6 Å². The summed E-state index contributed by atoms with van der Waals surface area (Å²) in [5, 5.41) is 8.93. The van der Waals surface area contributed by atoms with Gasteiger partial charge in [0.1, 0.15) is 12.1 Å². The number of ether oxygens (including phenoxy) is 1. The van der Waals surface area contributed by atoms with Crippen LogP contribution in [0.25, 0.3) is 0 Å². The van der Waals surface area contributed by atoms with Crippen LogP contribution in [0.2, 0.25) is 0 Å². The van der Waals surface area contributed by atoms with Crippen molar-refractivity contribution in [2.75, 3.05) is 36.5 Å². The Morgan fingerprint density at radius 2 is 2.04 bits per heavy atom. The quantitative estimate of drug-likeness (QED) is 0.843. The number of anilines is 2. The van der Waals surface area contributed by atoms with Crippen LogP contribution in [0.5, 0.6) is 5.88 Å². The van der Waals surface area contributed by atoms with Crippen molar-refractivity contribution < 1.29 is 9.53 Å². The van der Waals surface area contributed by atoms with Gasteiger partial charge in [0.25, 0.3) is 0 Å². The maximum atomic E-state index is 12.6. The van der Waals surface area contributed by atoms with Gasteiger partial charge < -0.3 is 14.5 Å². The fourth-order valence-corrected chi connectivity index (χ4v) is 3.87. The van der Waals surface area contributed by atoms with E-state index in [1.165, 1.54) is 6.33 Å². The summed E-state index contributed by atoms with van der Waals surface area (Å²) in [4.78, 5) is 25.1. The molecule has 7 nitrogen and oxygen atoms in total. The number of hydrogen-bond acceptors (Lipinski definition) is 6. The van der Waals surface area contributed by atoms with E-state index in [0.717, 1.165) is 31.0 Å². The molecule has 0 aliphatic carbocycles. The van der Waals surface area contributed by atoms with Crippen molar-refractivity contribution in [1.82, 2.24) is 9.97 Å². The number of carbonyl (C=O) groups is 1. The van der Waals surface area contributed by atoms with E-state index in [2.05, 4.69) is 20.9 Å².